The summed E-state index contributed by atoms with van der Waals surface area (Å²) in [6.45, 7) is 7.15. The molecule has 1 fully saturated rings. The van der Waals surface area contributed by atoms with Crippen LogP contribution in [-0.2, 0) is 21.3 Å². The average molecular weight is 209 g/mol. The molecule has 1 unspecified atom stereocenters. The summed E-state index contributed by atoms with van der Waals surface area (Å²) in [6, 6.07) is 0.309. The normalized spacial score (nSPS) is 37.2. The molecule has 1 aliphatic rings. The Labute approximate surface area is 79.9 Å². The van der Waals surface area contributed by atoms with E-state index in [9.17, 15) is 0 Å². The molecule has 0 aromatic rings. The zero-order valence-electron chi connectivity index (χ0n) is 7.96. The van der Waals surface area contributed by atoms with Gasteiger partial charge in [0, 0.05) is 0 Å². The van der Waals surface area contributed by atoms with Crippen molar-refractivity contribution >= 4 is 19.3 Å². The molecule has 0 amide bonds. The van der Waals surface area contributed by atoms with Crippen LogP contribution in [0.2, 0.25) is 0 Å². The van der Waals surface area contributed by atoms with E-state index in [0.29, 0.717) is 12.6 Å². The second kappa shape index (κ2) is 3.43. The molecule has 0 radical (unpaired) electrons. The van der Waals surface area contributed by atoms with Crippen molar-refractivity contribution in [3.8, 4) is 0 Å². The van der Waals surface area contributed by atoms with Crippen LogP contribution in [0.15, 0.2) is 0 Å². The van der Waals surface area contributed by atoms with E-state index in [0.717, 1.165) is 0 Å². The summed E-state index contributed by atoms with van der Waals surface area (Å²) in [4.78, 5) is 0. The van der Waals surface area contributed by atoms with Crippen LogP contribution in [-0.4, -0.2) is 19.8 Å². The molecule has 0 aliphatic carbocycles. The van der Waals surface area contributed by atoms with Gasteiger partial charge in [-0.2, -0.15) is 5.09 Å². The first-order valence-corrected chi connectivity index (χ1v) is 6.59. The van der Waals surface area contributed by atoms with Gasteiger partial charge in [-0.25, -0.2) is 9.05 Å². The second-order valence-electron chi connectivity index (χ2n) is 4.02. The fraction of sp³-hybridized carbons (Fsp3) is 1.00. The van der Waals surface area contributed by atoms with Crippen molar-refractivity contribution in [1.82, 2.24) is 5.09 Å². The molecule has 0 aromatic heterocycles. The maximum absolute atomic E-state index is 5.42. The summed E-state index contributed by atoms with van der Waals surface area (Å²) in [6.07, 6.45) is 0. The summed E-state index contributed by atoms with van der Waals surface area (Å²) in [5.41, 5.74) is 0.180. The zero-order valence-corrected chi connectivity index (χ0v) is 9.67. The van der Waals surface area contributed by atoms with Crippen LogP contribution >= 0.6 is 7.07 Å². The maximum atomic E-state index is 5.42. The summed E-state index contributed by atoms with van der Waals surface area (Å²) >= 11 is 5.17. The van der Waals surface area contributed by atoms with Gasteiger partial charge in [-0.3, -0.25) is 0 Å². The van der Waals surface area contributed by atoms with Crippen LogP contribution < -0.4 is 5.09 Å². The molecular weight excluding hydrogens is 193 g/mol. The fourth-order valence-electron chi connectivity index (χ4n) is 0.987. The largest absolute Gasteiger partial charge is 0.472 e. The number of nitrogens with one attached hydrogen (secondary N) is 1. The van der Waals surface area contributed by atoms with Crippen LogP contribution in [0.1, 0.15) is 20.8 Å². The predicted molar refractivity (Wildman–Crippen MR) is 53.6 cm³/mol. The molecule has 5 heteroatoms. The topological polar surface area (TPSA) is 30.5 Å². The summed E-state index contributed by atoms with van der Waals surface area (Å²) in [5, 5.41) is 3.24. The molecule has 1 heterocycles. The van der Waals surface area contributed by atoms with E-state index in [2.05, 4.69) is 25.9 Å². The van der Waals surface area contributed by atoms with Gasteiger partial charge in [-0.1, -0.05) is 20.8 Å². The van der Waals surface area contributed by atoms with Crippen molar-refractivity contribution in [2.75, 3.05) is 13.7 Å². The lowest BCUT2D eigenvalue weighted by Crippen LogP contribution is -2.36. The molecule has 0 saturated carbocycles. The lowest BCUT2D eigenvalue weighted by molar-refractivity contribution is 0.238. The van der Waals surface area contributed by atoms with Gasteiger partial charge in [0.25, 0.3) is 0 Å². The van der Waals surface area contributed by atoms with Gasteiger partial charge in [0.1, 0.15) is 6.61 Å². The molecule has 1 saturated heterocycles. The molecule has 0 spiro atoms. The van der Waals surface area contributed by atoms with E-state index in [1.54, 1.807) is 7.11 Å². The standard InChI is InChI=1S/C7H16NO2PS/c1-7(2,3)6-5-10-11(12,8-6)9-4/h6H,5H2,1-4H3,(H,8,12)/t6-,11?/m1/s1. The van der Waals surface area contributed by atoms with E-state index < -0.39 is 7.07 Å². The van der Waals surface area contributed by atoms with Crippen LogP contribution in [0.25, 0.3) is 0 Å². The quantitative estimate of drug-likeness (QED) is 0.527. The summed E-state index contributed by atoms with van der Waals surface area (Å²) < 4.78 is 10.5. The molecule has 2 atom stereocenters. The van der Waals surface area contributed by atoms with Crippen molar-refractivity contribution in [2.45, 2.75) is 26.8 Å². The Morgan fingerprint density at radius 1 is 1.58 bits per heavy atom. The van der Waals surface area contributed by atoms with E-state index >= 15 is 0 Å². The first kappa shape index (κ1) is 10.7. The molecule has 72 valence electrons. The molecule has 1 rings (SSSR count). The summed E-state index contributed by atoms with van der Waals surface area (Å²) in [7, 11) is -0.524. The third kappa shape index (κ3) is 2.33. The van der Waals surface area contributed by atoms with Crippen molar-refractivity contribution in [3.05, 3.63) is 0 Å². The van der Waals surface area contributed by atoms with E-state index in [4.69, 9.17) is 21.3 Å². The van der Waals surface area contributed by atoms with Crippen LogP contribution in [0, 0.1) is 5.41 Å². The third-order valence-corrected chi connectivity index (χ3v) is 4.69. The van der Waals surface area contributed by atoms with Crippen LogP contribution in [0.4, 0.5) is 0 Å². The zero-order chi connectivity index (χ0) is 9.41. The lowest BCUT2D eigenvalue weighted by Gasteiger charge is -2.26. The molecule has 1 aliphatic heterocycles. The minimum absolute atomic E-state index is 0.180. The van der Waals surface area contributed by atoms with Gasteiger partial charge < -0.3 is 12.2 Å². The molecule has 3 nitrogen and oxygen atoms in total. The lowest BCUT2D eigenvalue weighted by atomic mass is 9.88. The number of hydrogen-bond acceptors (Lipinski definition) is 4. The minimum Gasteiger partial charge on any atom is -0.472 e. The Balaban J connectivity index is 2.57. The number of rotatable bonds is 1. The monoisotopic (exact) mass is 209 g/mol. The third-order valence-electron chi connectivity index (χ3n) is 2.01. The molecule has 12 heavy (non-hydrogen) atoms. The van der Waals surface area contributed by atoms with Gasteiger partial charge in [0.15, 0.2) is 0 Å². The van der Waals surface area contributed by atoms with Gasteiger partial charge in [0.05, 0.1) is 13.2 Å². The molecule has 1 N–H and O–H groups in total. The van der Waals surface area contributed by atoms with E-state index in [1.165, 1.54) is 0 Å². The molecular formula is C7H16NO2PS. The van der Waals surface area contributed by atoms with Crippen molar-refractivity contribution in [3.63, 3.8) is 0 Å². The summed E-state index contributed by atoms with van der Waals surface area (Å²) in [5.74, 6) is 0. The van der Waals surface area contributed by atoms with Crippen molar-refractivity contribution < 1.29 is 9.05 Å². The van der Waals surface area contributed by atoms with E-state index in [-0.39, 0.29) is 5.41 Å². The highest BCUT2D eigenvalue weighted by Gasteiger charge is 2.43. The van der Waals surface area contributed by atoms with Gasteiger partial charge >= 0.3 is 0 Å². The Kier molecular flexibility index (Phi) is 3.07. The van der Waals surface area contributed by atoms with Crippen molar-refractivity contribution in [1.29, 1.82) is 0 Å². The highest BCUT2D eigenvalue weighted by molar-refractivity contribution is 8.37. The highest BCUT2D eigenvalue weighted by Crippen LogP contribution is 2.59. The Morgan fingerprint density at radius 2 is 2.17 bits per heavy atom. The van der Waals surface area contributed by atoms with Gasteiger partial charge in [-0.05, 0) is 5.41 Å². The average Bonchev–Trinajstić information content (AvgIpc) is 2.32. The highest BCUT2D eigenvalue weighted by atomic mass is 32.7. The second-order valence-corrected chi connectivity index (χ2v) is 7.34. The maximum Gasteiger partial charge on any atom is 0.228 e. The van der Waals surface area contributed by atoms with Crippen LogP contribution in [0.5, 0.6) is 0 Å². The van der Waals surface area contributed by atoms with Crippen molar-refractivity contribution in [2.24, 2.45) is 5.41 Å². The predicted octanol–water partition coefficient (Wildman–Crippen LogP) is 1.89. The Hall–Kier alpha value is 0.660. The van der Waals surface area contributed by atoms with Gasteiger partial charge in [-0.15, -0.1) is 0 Å². The fourth-order valence-corrected chi connectivity index (χ4v) is 3.03. The minimum atomic E-state index is -2.12. The van der Waals surface area contributed by atoms with E-state index in [1.807, 2.05) is 0 Å². The first-order valence-electron chi connectivity index (χ1n) is 3.95. The molecule has 0 bridgehead atoms. The van der Waals surface area contributed by atoms with Crippen LogP contribution in [0.3, 0.4) is 0 Å². The SMILES string of the molecule is CO[P+]1([S-])N[C@@H](C(C)(C)C)CO1. The molecule has 0 aromatic carbocycles. The van der Waals surface area contributed by atoms with Gasteiger partial charge in [0.2, 0.25) is 7.07 Å². The Bertz CT molecular complexity index is 173. The number of hydrogen-bond donors (Lipinski definition) is 1. The smallest absolute Gasteiger partial charge is 0.228 e. The Morgan fingerprint density at radius 3 is 2.42 bits per heavy atom. The first-order chi connectivity index (χ1) is 5.37.